The number of aromatic nitrogens is 1. The van der Waals surface area contributed by atoms with Gasteiger partial charge in [-0.3, -0.25) is 0 Å². The molecule has 0 radical (unpaired) electrons. The first-order valence-electron chi connectivity index (χ1n) is 5.77. The van der Waals surface area contributed by atoms with Crippen molar-refractivity contribution >= 4 is 21.2 Å². The van der Waals surface area contributed by atoms with Crippen LogP contribution in [0.2, 0.25) is 0 Å². The van der Waals surface area contributed by atoms with E-state index in [2.05, 4.69) is 4.98 Å². The molecule has 1 aromatic heterocycles. The zero-order valence-electron chi connectivity index (χ0n) is 9.80. The lowest BCUT2D eigenvalue weighted by Gasteiger charge is -2.03. The summed E-state index contributed by atoms with van der Waals surface area (Å²) in [5, 5.41) is 10.3. The van der Waals surface area contributed by atoms with Crippen molar-refractivity contribution in [2.75, 3.05) is 11.5 Å². The number of aliphatic hydroxyl groups is 1. The van der Waals surface area contributed by atoms with E-state index in [0.717, 1.165) is 22.7 Å². The summed E-state index contributed by atoms with van der Waals surface area (Å²) in [6, 6.07) is 0. The fourth-order valence-electron chi connectivity index (χ4n) is 2.11. The zero-order chi connectivity index (χ0) is 12.5. The molecule has 1 saturated heterocycles. The predicted octanol–water partition coefficient (Wildman–Crippen LogP) is 1.04. The van der Waals surface area contributed by atoms with Gasteiger partial charge in [0.1, 0.15) is 0 Å². The number of rotatable bonds is 4. The van der Waals surface area contributed by atoms with Crippen molar-refractivity contribution in [1.82, 2.24) is 4.98 Å². The lowest BCUT2D eigenvalue weighted by Crippen LogP contribution is -2.07. The molecule has 0 spiro atoms. The lowest BCUT2D eigenvalue weighted by atomic mass is 10.1. The quantitative estimate of drug-likeness (QED) is 0.891. The van der Waals surface area contributed by atoms with Crippen LogP contribution in [0, 0.1) is 5.92 Å². The minimum atomic E-state index is -2.79. The van der Waals surface area contributed by atoms with Crippen molar-refractivity contribution < 1.29 is 13.5 Å². The molecule has 0 bridgehead atoms. The van der Waals surface area contributed by atoms with Gasteiger partial charge in [0, 0.05) is 23.9 Å². The van der Waals surface area contributed by atoms with Crippen LogP contribution in [-0.4, -0.2) is 36.1 Å². The first-order valence-corrected chi connectivity index (χ1v) is 8.40. The average Bonchev–Trinajstić information content (AvgIpc) is 2.73. The van der Waals surface area contributed by atoms with Gasteiger partial charge in [-0.15, -0.1) is 11.3 Å². The Morgan fingerprint density at radius 2 is 2.41 bits per heavy atom. The summed E-state index contributed by atoms with van der Waals surface area (Å²) in [7, 11) is -2.79. The van der Waals surface area contributed by atoms with Crippen LogP contribution in [0.1, 0.15) is 23.2 Å². The van der Waals surface area contributed by atoms with Crippen molar-refractivity contribution in [3.63, 3.8) is 0 Å². The average molecular weight is 275 g/mol. The molecule has 17 heavy (non-hydrogen) atoms. The van der Waals surface area contributed by atoms with E-state index in [4.69, 9.17) is 0 Å². The molecule has 1 fully saturated rings. The third-order valence-electron chi connectivity index (χ3n) is 2.89. The molecule has 0 amide bonds. The Morgan fingerprint density at radius 3 is 3.00 bits per heavy atom. The monoisotopic (exact) mass is 275 g/mol. The standard InChI is InChI=1S/C11H17NO3S2/c1-8(13)4-10-6-12-11(16-10)5-9-2-3-17(14,15)7-9/h6,8-9,13H,2-5,7H2,1H3. The fourth-order valence-corrected chi connectivity index (χ4v) is 5.13. The molecule has 96 valence electrons. The zero-order valence-corrected chi connectivity index (χ0v) is 11.4. The molecule has 0 aromatic carbocycles. The Morgan fingerprint density at radius 1 is 1.65 bits per heavy atom. The van der Waals surface area contributed by atoms with Gasteiger partial charge in [-0.1, -0.05) is 0 Å². The molecule has 1 aromatic rings. The summed E-state index contributed by atoms with van der Waals surface area (Å²) in [5.41, 5.74) is 0. The summed E-state index contributed by atoms with van der Waals surface area (Å²) >= 11 is 1.58. The summed E-state index contributed by atoms with van der Waals surface area (Å²) < 4.78 is 22.7. The summed E-state index contributed by atoms with van der Waals surface area (Å²) in [6.07, 6.45) is 3.57. The molecule has 0 saturated carbocycles. The van der Waals surface area contributed by atoms with E-state index in [1.807, 2.05) is 0 Å². The van der Waals surface area contributed by atoms with Crippen LogP contribution in [0.3, 0.4) is 0 Å². The Labute approximate surface area is 106 Å². The molecule has 1 aliphatic heterocycles. The fraction of sp³-hybridized carbons (Fsp3) is 0.727. The highest BCUT2D eigenvalue weighted by Crippen LogP contribution is 2.25. The molecule has 6 heteroatoms. The Balaban J connectivity index is 1.93. The third-order valence-corrected chi connectivity index (χ3v) is 5.77. The molecule has 1 aliphatic rings. The van der Waals surface area contributed by atoms with Gasteiger partial charge in [-0.25, -0.2) is 13.4 Å². The van der Waals surface area contributed by atoms with Crippen LogP contribution < -0.4 is 0 Å². The SMILES string of the molecule is CC(O)Cc1cnc(CC2CCS(=O)(=O)C2)s1. The van der Waals surface area contributed by atoms with E-state index < -0.39 is 9.84 Å². The number of thiazole rings is 1. The smallest absolute Gasteiger partial charge is 0.150 e. The van der Waals surface area contributed by atoms with Crippen molar-refractivity contribution in [1.29, 1.82) is 0 Å². The largest absolute Gasteiger partial charge is 0.393 e. The van der Waals surface area contributed by atoms with Gasteiger partial charge in [-0.2, -0.15) is 0 Å². The normalized spacial score (nSPS) is 24.9. The van der Waals surface area contributed by atoms with E-state index in [1.54, 1.807) is 24.5 Å². The van der Waals surface area contributed by atoms with Crippen molar-refractivity contribution in [3.05, 3.63) is 16.1 Å². The Bertz CT molecular complexity index is 479. The maximum atomic E-state index is 11.3. The summed E-state index contributed by atoms with van der Waals surface area (Å²) in [5.74, 6) is 0.854. The number of hydrogen-bond donors (Lipinski definition) is 1. The van der Waals surface area contributed by atoms with Gasteiger partial charge in [0.25, 0.3) is 0 Å². The van der Waals surface area contributed by atoms with Gasteiger partial charge in [0.2, 0.25) is 0 Å². The second kappa shape index (κ2) is 5.04. The second-order valence-electron chi connectivity index (χ2n) is 4.75. The van der Waals surface area contributed by atoms with Gasteiger partial charge in [-0.05, 0) is 19.3 Å². The van der Waals surface area contributed by atoms with Crippen LogP contribution in [0.25, 0.3) is 0 Å². The Hall–Kier alpha value is -0.460. The van der Waals surface area contributed by atoms with E-state index in [9.17, 15) is 13.5 Å². The van der Waals surface area contributed by atoms with Crippen LogP contribution in [0.5, 0.6) is 0 Å². The maximum absolute atomic E-state index is 11.3. The first-order chi connectivity index (χ1) is 7.94. The molecule has 0 aliphatic carbocycles. The van der Waals surface area contributed by atoms with Crippen molar-refractivity contribution in [2.24, 2.45) is 5.92 Å². The number of hydrogen-bond acceptors (Lipinski definition) is 5. The second-order valence-corrected chi connectivity index (χ2v) is 8.18. The van der Waals surface area contributed by atoms with Gasteiger partial charge in [0.05, 0.1) is 22.6 Å². The predicted molar refractivity (Wildman–Crippen MR) is 68.0 cm³/mol. The minimum absolute atomic E-state index is 0.227. The van der Waals surface area contributed by atoms with Crippen LogP contribution in [0.4, 0.5) is 0 Å². The number of aliphatic hydroxyl groups excluding tert-OH is 1. The first kappa shape index (κ1) is 13.0. The van der Waals surface area contributed by atoms with E-state index in [0.29, 0.717) is 17.9 Å². The van der Waals surface area contributed by atoms with Crippen LogP contribution in [0.15, 0.2) is 6.20 Å². The lowest BCUT2D eigenvalue weighted by molar-refractivity contribution is 0.196. The molecule has 1 N–H and O–H groups in total. The molecule has 2 unspecified atom stereocenters. The van der Waals surface area contributed by atoms with E-state index in [-0.39, 0.29) is 12.0 Å². The molecule has 2 rings (SSSR count). The molecule has 2 heterocycles. The molecular weight excluding hydrogens is 258 g/mol. The van der Waals surface area contributed by atoms with Gasteiger partial charge in [0.15, 0.2) is 9.84 Å². The highest BCUT2D eigenvalue weighted by molar-refractivity contribution is 7.91. The van der Waals surface area contributed by atoms with Gasteiger partial charge < -0.3 is 5.11 Å². The molecular formula is C11H17NO3S2. The minimum Gasteiger partial charge on any atom is -0.393 e. The van der Waals surface area contributed by atoms with Crippen molar-refractivity contribution in [3.8, 4) is 0 Å². The maximum Gasteiger partial charge on any atom is 0.150 e. The summed E-state index contributed by atoms with van der Waals surface area (Å²) in [6.45, 7) is 1.75. The van der Waals surface area contributed by atoms with Crippen LogP contribution >= 0.6 is 11.3 Å². The number of sulfone groups is 1. The van der Waals surface area contributed by atoms with Crippen LogP contribution in [-0.2, 0) is 22.7 Å². The van der Waals surface area contributed by atoms with E-state index >= 15 is 0 Å². The van der Waals surface area contributed by atoms with E-state index in [1.165, 1.54) is 0 Å². The Kier molecular flexibility index (Phi) is 3.85. The molecule has 4 nitrogen and oxygen atoms in total. The number of nitrogens with zero attached hydrogens (tertiary/aromatic N) is 1. The topological polar surface area (TPSA) is 67.3 Å². The highest BCUT2D eigenvalue weighted by atomic mass is 32.2. The van der Waals surface area contributed by atoms with Crippen molar-refractivity contribution in [2.45, 2.75) is 32.3 Å². The third kappa shape index (κ3) is 3.76. The molecule has 2 atom stereocenters. The summed E-state index contributed by atoms with van der Waals surface area (Å²) in [4.78, 5) is 5.36. The highest BCUT2D eigenvalue weighted by Gasteiger charge is 2.28. The van der Waals surface area contributed by atoms with Gasteiger partial charge >= 0.3 is 0 Å².